The van der Waals surface area contributed by atoms with E-state index in [4.69, 9.17) is 0 Å². The zero-order chi connectivity index (χ0) is 15.4. The van der Waals surface area contributed by atoms with Crippen LogP contribution < -0.4 is 5.32 Å². The third-order valence-corrected chi connectivity index (χ3v) is 4.69. The number of aryl methyl sites for hydroxylation is 2. The molecule has 0 saturated heterocycles. The van der Waals surface area contributed by atoms with Crippen LogP contribution in [0.3, 0.4) is 0 Å². The minimum atomic E-state index is 0.314. The number of aromatic nitrogens is 2. The monoisotopic (exact) mass is 349 g/mol. The molecule has 0 spiro atoms. The number of halogens is 1. The average molecular weight is 350 g/mol. The highest BCUT2D eigenvalue weighted by Crippen LogP contribution is 2.27. The second kappa shape index (κ2) is 7.23. The number of nitrogens with one attached hydrogen (secondary N) is 1. The van der Waals surface area contributed by atoms with Gasteiger partial charge in [-0.15, -0.1) is 0 Å². The van der Waals surface area contributed by atoms with Crippen molar-refractivity contribution in [3.05, 3.63) is 51.3 Å². The molecular formula is C17H24BrN3. The van der Waals surface area contributed by atoms with Crippen LogP contribution in [0.15, 0.2) is 28.7 Å². The van der Waals surface area contributed by atoms with Crippen molar-refractivity contribution in [1.29, 1.82) is 0 Å². The fraction of sp³-hybridized carbons (Fsp3) is 0.471. The predicted molar refractivity (Wildman–Crippen MR) is 91.6 cm³/mol. The molecule has 1 heterocycles. The van der Waals surface area contributed by atoms with Gasteiger partial charge in [-0.05, 0) is 50.6 Å². The largest absolute Gasteiger partial charge is 0.310 e. The molecule has 0 aliphatic carbocycles. The molecule has 0 amide bonds. The Morgan fingerprint density at radius 1 is 1.29 bits per heavy atom. The van der Waals surface area contributed by atoms with Crippen molar-refractivity contribution in [2.24, 2.45) is 0 Å². The zero-order valence-electron chi connectivity index (χ0n) is 13.3. The number of rotatable bonds is 6. The summed E-state index contributed by atoms with van der Waals surface area (Å²) >= 11 is 3.64. The molecule has 4 heteroatoms. The van der Waals surface area contributed by atoms with Crippen LogP contribution in [0.2, 0.25) is 0 Å². The van der Waals surface area contributed by atoms with Crippen LogP contribution in [0.25, 0.3) is 0 Å². The van der Waals surface area contributed by atoms with E-state index < -0.39 is 0 Å². The summed E-state index contributed by atoms with van der Waals surface area (Å²) in [4.78, 5) is 0. The number of nitrogens with zero attached hydrogens (tertiary/aromatic N) is 2. The zero-order valence-corrected chi connectivity index (χ0v) is 14.9. The van der Waals surface area contributed by atoms with Crippen molar-refractivity contribution >= 4 is 15.9 Å². The second-order valence-electron chi connectivity index (χ2n) is 5.36. The van der Waals surface area contributed by atoms with Crippen molar-refractivity contribution in [2.75, 3.05) is 6.54 Å². The van der Waals surface area contributed by atoms with E-state index in [1.807, 2.05) is 0 Å². The quantitative estimate of drug-likeness (QED) is 0.847. The maximum atomic E-state index is 4.56. The van der Waals surface area contributed by atoms with Gasteiger partial charge in [-0.3, -0.25) is 4.68 Å². The topological polar surface area (TPSA) is 29.9 Å². The number of hydrogen-bond donors (Lipinski definition) is 1. The number of benzene rings is 1. The maximum Gasteiger partial charge on any atom is 0.0596 e. The van der Waals surface area contributed by atoms with E-state index in [1.54, 1.807) is 0 Å². The van der Waals surface area contributed by atoms with Gasteiger partial charge in [0.15, 0.2) is 0 Å². The minimum absolute atomic E-state index is 0.314. The highest BCUT2D eigenvalue weighted by molar-refractivity contribution is 9.10. The summed E-state index contributed by atoms with van der Waals surface area (Å²) in [5, 5.41) is 8.17. The molecule has 0 fully saturated rings. The fourth-order valence-corrected chi connectivity index (χ4v) is 3.17. The average Bonchev–Trinajstić information content (AvgIpc) is 2.81. The van der Waals surface area contributed by atoms with Gasteiger partial charge < -0.3 is 5.32 Å². The van der Waals surface area contributed by atoms with Gasteiger partial charge in [-0.1, -0.05) is 35.0 Å². The molecule has 1 aromatic heterocycles. The summed E-state index contributed by atoms with van der Waals surface area (Å²) in [5.74, 6) is 0. The SMILES string of the molecule is CCNC(Cc1cc(C)nn1CC)c1cccc(Br)c1C. The first-order valence-electron chi connectivity index (χ1n) is 7.58. The summed E-state index contributed by atoms with van der Waals surface area (Å²) < 4.78 is 3.27. The molecule has 3 nitrogen and oxygen atoms in total. The van der Waals surface area contributed by atoms with Crippen LogP contribution in [0.5, 0.6) is 0 Å². The minimum Gasteiger partial charge on any atom is -0.310 e. The fourth-order valence-electron chi connectivity index (χ4n) is 2.79. The molecule has 2 rings (SSSR count). The summed E-state index contributed by atoms with van der Waals surface area (Å²) in [6, 6.07) is 8.93. The molecule has 1 N–H and O–H groups in total. The number of likely N-dealkylation sites (N-methyl/N-ethyl adjacent to an activating group) is 1. The molecule has 21 heavy (non-hydrogen) atoms. The van der Waals surface area contributed by atoms with Crippen LogP contribution in [0.1, 0.15) is 42.4 Å². The van der Waals surface area contributed by atoms with Crippen LogP contribution >= 0.6 is 15.9 Å². The van der Waals surface area contributed by atoms with Gasteiger partial charge in [0, 0.05) is 29.2 Å². The molecule has 0 saturated carbocycles. The summed E-state index contributed by atoms with van der Waals surface area (Å²) in [5.41, 5.74) is 5.05. The molecule has 2 aromatic rings. The van der Waals surface area contributed by atoms with Crippen molar-refractivity contribution in [1.82, 2.24) is 15.1 Å². The third kappa shape index (κ3) is 3.74. The van der Waals surface area contributed by atoms with Gasteiger partial charge in [0.2, 0.25) is 0 Å². The van der Waals surface area contributed by atoms with Crippen molar-refractivity contribution in [3.63, 3.8) is 0 Å². The highest BCUT2D eigenvalue weighted by atomic mass is 79.9. The molecular weight excluding hydrogens is 326 g/mol. The Labute approximate surface area is 135 Å². The Morgan fingerprint density at radius 3 is 2.71 bits per heavy atom. The lowest BCUT2D eigenvalue weighted by Crippen LogP contribution is -2.25. The van der Waals surface area contributed by atoms with E-state index in [9.17, 15) is 0 Å². The molecule has 1 atom stereocenters. The van der Waals surface area contributed by atoms with E-state index >= 15 is 0 Å². The van der Waals surface area contributed by atoms with E-state index in [0.717, 1.165) is 25.2 Å². The van der Waals surface area contributed by atoms with Gasteiger partial charge in [0.25, 0.3) is 0 Å². The Morgan fingerprint density at radius 2 is 2.05 bits per heavy atom. The highest BCUT2D eigenvalue weighted by Gasteiger charge is 2.17. The van der Waals surface area contributed by atoms with Crippen molar-refractivity contribution in [2.45, 2.75) is 46.7 Å². The molecule has 0 bridgehead atoms. The normalized spacial score (nSPS) is 12.6. The molecule has 1 aromatic carbocycles. The van der Waals surface area contributed by atoms with E-state index in [2.05, 4.69) is 83.0 Å². The smallest absolute Gasteiger partial charge is 0.0596 e. The van der Waals surface area contributed by atoms with Gasteiger partial charge in [-0.2, -0.15) is 5.10 Å². The summed E-state index contributed by atoms with van der Waals surface area (Å²) in [6.45, 7) is 10.4. The Kier molecular flexibility index (Phi) is 5.59. The molecule has 114 valence electrons. The standard InChI is InChI=1S/C17H24BrN3/c1-5-19-17(15-8-7-9-16(18)13(15)4)11-14-10-12(3)20-21(14)6-2/h7-10,17,19H,5-6,11H2,1-4H3. The summed E-state index contributed by atoms with van der Waals surface area (Å²) in [7, 11) is 0. The lowest BCUT2D eigenvalue weighted by Gasteiger charge is -2.21. The van der Waals surface area contributed by atoms with Crippen LogP contribution in [0.4, 0.5) is 0 Å². The first kappa shape index (κ1) is 16.2. The molecule has 0 aliphatic rings. The van der Waals surface area contributed by atoms with Crippen LogP contribution in [0, 0.1) is 13.8 Å². The van der Waals surface area contributed by atoms with Gasteiger partial charge in [-0.25, -0.2) is 0 Å². The van der Waals surface area contributed by atoms with Crippen LogP contribution in [-0.4, -0.2) is 16.3 Å². The third-order valence-electron chi connectivity index (χ3n) is 3.83. The van der Waals surface area contributed by atoms with Gasteiger partial charge in [0.1, 0.15) is 0 Å². The molecule has 0 radical (unpaired) electrons. The molecule has 1 unspecified atom stereocenters. The second-order valence-corrected chi connectivity index (χ2v) is 6.22. The summed E-state index contributed by atoms with van der Waals surface area (Å²) in [6.07, 6.45) is 0.958. The predicted octanol–water partition coefficient (Wildman–Crippen LogP) is 4.18. The lowest BCUT2D eigenvalue weighted by atomic mass is 9.97. The van der Waals surface area contributed by atoms with Gasteiger partial charge >= 0.3 is 0 Å². The van der Waals surface area contributed by atoms with E-state index in [1.165, 1.54) is 21.3 Å². The Balaban J connectivity index is 2.33. The van der Waals surface area contributed by atoms with Gasteiger partial charge in [0.05, 0.1) is 5.69 Å². The number of hydrogen-bond acceptors (Lipinski definition) is 2. The van der Waals surface area contributed by atoms with Crippen molar-refractivity contribution < 1.29 is 0 Å². The lowest BCUT2D eigenvalue weighted by molar-refractivity contribution is 0.514. The maximum absolute atomic E-state index is 4.56. The van der Waals surface area contributed by atoms with Crippen molar-refractivity contribution in [3.8, 4) is 0 Å². The Bertz CT molecular complexity index is 604. The molecule has 0 aliphatic heterocycles. The first-order valence-corrected chi connectivity index (χ1v) is 8.37. The van der Waals surface area contributed by atoms with E-state index in [-0.39, 0.29) is 0 Å². The first-order chi connectivity index (χ1) is 10.1. The van der Waals surface area contributed by atoms with E-state index in [0.29, 0.717) is 6.04 Å². The Hall–Kier alpha value is -1.13. The van der Waals surface area contributed by atoms with Crippen LogP contribution in [-0.2, 0) is 13.0 Å².